The molecule has 0 aliphatic carbocycles. The molecular weight excluding hydrogens is 407 g/mol. The number of halogens is 2. The van der Waals surface area contributed by atoms with Crippen molar-refractivity contribution in [3.05, 3.63) is 79.8 Å². The lowest BCUT2D eigenvalue weighted by Crippen LogP contribution is -2.29. The molecule has 0 saturated heterocycles. The van der Waals surface area contributed by atoms with Crippen molar-refractivity contribution < 1.29 is 19.2 Å². The van der Waals surface area contributed by atoms with Crippen LogP contribution in [0.4, 0.5) is 5.69 Å². The highest BCUT2D eigenvalue weighted by molar-refractivity contribution is 6.32. The molecule has 0 aromatic heterocycles. The highest BCUT2D eigenvalue weighted by Gasteiger charge is 2.20. The Bertz CT molecular complexity index is 930. The maximum Gasteiger partial charge on any atom is 0.307 e. The zero-order chi connectivity index (χ0) is 20.7. The summed E-state index contributed by atoms with van der Waals surface area (Å²) in [4.78, 5) is 34.3. The van der Waals surface area contributed by atoms with Crippen LogP contribution in [-0.4, -0.2) is 23.9 Å². The number of hydrogen-bond acceptors (Lipinski definition) is 5. The minimum atomic E-state index is -0.696. The Labute approximate surface area is 171 Å². The summed E-state index contributed by atoms with van der Waals surface area (Å²) in [7, 11) is 1.25. The molecule has 1 atom stereocenters. The average molecular weight is 423 g/mol. The standard InChI is InChI=1S/C19H16Cl2N2O5/c1-28-19(25)11-16(13-4-2-3-5-14(13)20)22-18(24)9-7-12-6-8-15(21)17(10-12)23(26)27/h2-10,16H,11H2,1H3,(H,22,24)/b9-7-. The van der Waals surface area contributed by atoms with Gasteiger partial charge in [0.2, 0.25) is 5.91 Å². The monoisotopic (exact) mass is 422 g/mol. The Hall–Kier alpha value is -2.90. The number of methoxy groups -OCH3 is 1. The van der Waals surface area contributed by atoms with E-state index in [9.17, 15) is 19.7 Å². The summed E-state index contributed by atoms with van der Waals surface area (Å²) < 4.78 is 4.67. The third kappa shape index (κ3) is 5.80. The maximum absolute atomic E-state index is 12.3. The molecule has 1 amide bonds. The summed E-state index contributed by atoms with van der Waals surface area (Å²) in [6.45, 7) is 0. The van der Waals surface area contributed by atoms with E-state index >= 15 is 0 Å². The zero-order valence-corrected chi connectivity index (χ0v) is 16.2. The van der Waals surface area contributed by atoms with Crippen LogP contribution in [0.2, 0.25) is 10.0 Å². The molecule has 2 aromatic carbocycles. The summed E-state index contributed by atoms with van der Waals surface area (Å²) in [6.07, 6.45) is 2.50. The molecule has 1 unspecified atom stereocenters. The zero-order valence-electron chi connectivity index (χ0n) is 14.7. The molecule has 0 spiro atoms. The molecule has 0 fully saturated rings. The van der Waals surface area contributed by atoms with Gasteiger partial charge >= 0.3 is 5.97 Å². The molecule has 7 nitrogen and oxygen atoms in total. The SMILES string of the molecule is COC(=O)CC(NC(=O)/C=C\c1ccc(Cl)c([N+](=O)[O-])c1)c1ccccc1Cl. The molecular formula is C19H16Cl2N2O5. The third-order valence-electron chi connectivity index (χ3n) is 3.79. The highest BCUT2D eigenvalue weighted by atomic mass is 35.5. The fourth-order valence-electron chi connectivity index (χ4n) is 2.41. The number of amides is 1. The van der Waals surface area contributed by atoms with E-state index in [1.807, 2.05) is 0 Å². The van der Waals surface area contributed by atoms with Crippen LogP contribution in [0.5, 0.6) is 0 Å². The predicted molar refractivity (Wildman–Crippen MR) is 106 cm³/mol. The number of nitrogens with one attached hydrogen (secondary N) is 1. The Balaban J connectivity index is 2.18. The fraction of sp³-hybridized carbons (Fsp3) is 0.158. The van der Waals surface area contributed by atoms with Crippen LogP contribution in [0.1, 0.15) is 23.6 Å². The number of rotatable bonds is 7. The molecule has 0 saturated carbocycles. The Morgan fingerprint density at radius 3 is 2.57 bits per heavy atom. The quantitative estimate of drug-likeness (QED) is 0.309. The number of esters is 1. The molecule has 1 N–H and O–H groups in total. The van der Waals surface area contributed by atoms with Gasteiger partial charge in [-0.2, -0.15) is 0 Å². The van der Waals surface area contributed by atoms with Crippen molar-refractivity contribution in [3.8, 4) is 0 Å². The van der Waals surface area contributed by atoms with Gasteiger partial charge in [-0.15, -0.1) is 0 Å². The van der Waals surface area contributed by atoms with Crippen LogP contribution in [0, 0.1) is 10.1 Å². The van der Waals surface area contributed by atoms with E-state index in [1.165, 1.54) is 31.4 Å². The second kappa shape index (κ2) is 9.87. The number of benzene rings is 2. The lowest BCUT2D eigenvalue weighted by molar-refractivity contribution is -0.384. The first-order chi connectivity index (χ1) is 13.3. The topological polar surface area (TPSA) is 98.5 Å². The van der Waals surface area contributed by atoms with Crippen LogP contribution in [-0.2, 0) is 14.3 Å². The number of nitro benzene ring substituents is 1. The van der Waals surface area contributed by atoms with Gasteiger partial charge in [0.05, 0.1) is 24.5 Å². The number of carbonyl (C=O) groups excluding carboxylic acids is 2. The summed E-state index contributed by atoms with van der Waals surface area (Å²) in [5, 5.41) is 14.0. The molecule has 2 rings (SSSR count). The van der Waals surface area contributed by atoms with Crippen molar-refractivity contribution in [1.29, 1.82) is 0 Å². The van der Waals surface area contributed by atoms with E-state index < -0.39 is 22.8 Å². The van der Waals surface area contributed by atoms with E-state index in [2.05, 4.69) is 10.1 Å². The van der Waals surface area contributed by atoms with Crippen LogP contribution >= 0.6 is 23.2 Å². The normalized spacial score (nSPS) is 11.8. The first-order valence-electron chi connectivity index (χ1n) is 8.05. The second-order valence-electron chi connectivity index (χ2n) is 5.66. The van der Waals surface area contributed by atoms with E-state index in [0.717, 1.165) is 0 Å². The molecule has 0 aliphatic heterocycles. The summed E-state index contributed by atoms with van der Waals surface area (Å²) in [5.41, 5.74) is 0.732. The molecule has 0 aliphatic rings. The van der Waals surface area contributed by atoms with Crippen LogP contribution in [0.3, 0.4) is 0 Å². The van der Waals surface area contributed by atoms with Crippen molar-refractivity contribution in [2.75, 3.05) is 7.11 Å². The van der Waals surface area contributed by atoms with Crippen LogP contribution in [0.15, 0.2) is 48.5 Å². The van der Waals surface area contributed by atoms with Gasteiger partial charge in [0.1, 0.15) is 5.02 Å². The minimum Gasteiger partial charge on any atom is -0.469 e. The summed E-state index contributed by atoms with van der Waals surface area (Å²) in [5.74, 6) is -1.02. The Kier molecular flexibility index (Phi) is 7.54. The van der Waals surface area contributed by atoms with Crippen molar-refractivity contribution >= 4 is 46.8 Å². The van der Waals surface area contributed by atoms with Gasteiger partial charge in [0.15, 0.2) is 0 Å². The molecule has 28 heavy (non-hydrogen) atoms. The van der Waals surface area contributed by atoms with Crippen LogP contribution in [0.25, 0.3) is 6.08 Å². The average Bonchev–Trinajstić information content (AvgIpc) is 2.66. The number of nitro groups is 1. The lowest BCUT2D eigenvalue weighted by Gasteiger charge is -2.18. The van der Waals surface area contributed by atoms with E-state index in [1.54, 1.807) is 30.3 Å². The highest BCUT2D eigenvalue weighted by Crippen LogP contribution is 2.27. The van der Waals surface area contributed by atoms with Gasteiger partial charge < -0.3 is 10.1 Å². The minimum absolute atomic E-state index is 0.00321. The van der Waals surface area contributed by atoms with Crippen molar-refractivity contribution in [3.63, 3.8) is 0 Å². The Morgan fingerprint density at radius 1 is 1.21 bits per heavy atom. The largest absolute Gasteiger partial charge is 0.469 e. The predicted octanol–water partition coefficient (Wildman–Crippen LogP) is 4.34. The smallest absolute Gasteiger partial charge is 0.307 e. The second-order valence-corrected chi connectivity index (χ2v) is 6.48. The van der Waals surface area contributed by atoms with Gasteiger partial charge in [-0.3, -0.25) is 19.7 Å². The van der Waals surface area contributed by atoms with E-state index in [4.69, 9.17) is 23.2 Å². The third-order valence-corrected chi connectivity index (χ3v) is 4.45. The first kappa shape index (κ1) is 21.4. The van der Waals surface area contributed by atoms with Crippen molar-refractivity contribution in [1.82, 2.24) is 5.32 Å². The molecule has 2 aromatic rings. The number of nitrogens with zero attached hydrogens (tertiary/aromatic N) is 1. The molecule has 0 radical (unpaired) electrons. The fourth-order valence-corrected chi connectivity index (χ4v) is 2.87. The maximum atomic E-state index is 12.3. The lowest BCUT2D eigenvalue weighted by atomic mass is 10.0. The van der Waals surface area contributed by atoms with Crippen LogP contribution < -0.4 is 5.32 Å². The van der Waals surface area contributed by atoms with E-state index in [0.29, 0.717) is 16.1 Å². The van der Waals surface area contributed by atoms with Gasteiger partial charge in [0.25, 0.3) is 5.69 Å². The molecule has 0 heterocycles. The number of hydrogen-bond donors (Lipinski definition) is 1. The molecule has 9 heteroatoms. The molecule has 146 valence electrons. The van der Waals surface area contributed by atoms with E-state index in [-0.39, 0.29) is 17.1 Å². The van der Waals surface area contributed by atoms with Gasteiger partial charge in [-0.25, -0.2) is 0 Å². The van der Waals surface area contributed by atoms with Gasteiger partial charge in [0, 0.05) is 17.2 Å². The first-order valence-corrected chi connectivity index (χ1v) is 8.81. The summed E-state index contributed by atoms with van der Waals surface area (Å²) >= 11 is 11.9. The summed E-state index contributed by atoms with van der Waals surface area (Å²) in [6, 6.07) is 10.3. The Morgan fingerprint density at radius 2 is 1.93 bits per heavy atom. The van der Waals surface area contributed by atoms with Gasteiger partial charge in [-0.05, 0) is 29.3 Å². The van der Waals surface area contributed by atoms with Crippen molar-refractivity contribution in [2.24, 2.45) is 0 Å². The number of ether oxygens (including phenoxy) is 1. The number of carbonyl (C=O) groups is 2. The molecule has 0 bridgehead atoms. The van der Waals surface area contributed by atoms with Crippen molar-refractivity contribution in [2.45, 2.75) is 12.5 Å². The van der Waals surface area contributed by atoms with Gasteiger partial charge in [-0.1, -0.05) is 47.5 Å².